The second-order valence-electron chi connectivity index (χ2n) is 8.89. The van der Waals surface area contributed by atoms with E-state index in [1.54, 1.807) is 0 Å². The molecule has 8 nitrogen and oxygen atoms in total. The zero-order valence-corrected chi connectivity index (χ0v) is 22.9. The third-order valence-corrected chi connectivity index (χ3v) is 5.69. The molecule has 0 fully saturated rings. The van der Waals surface area contributed by atoms with Crippen LogP contribution in [0, 0.1) is 0 Å². The van der Waals surface area contributed by atoms with Crippen molar-refractivity contribution >= 4 is 11.9 Å². The van der Waals surface area contributed by atoms with E-state index in [4.69, 9.17) is 10.2 Å². The smallest absolute Gasteiger partial charge is 0.102 e. The molecule has 0 saturated heterocycles. The van der Waals surface area contributed by atoms with Gasteiger partial charge in [-0.25, -0.2) is 0 Å². The molecule has 0 bridgehead atoms. The van der Waals surface area contributed by atoms with Crippen LogP contribution in [-0.2, 0) is 9.59 Å². The molecule has 0 aromatic carbocycles. The topological polar surface area (TPSA) is 121 Å². The van der Waals surface area contributed by atoms with Gasteiger partial charge >= 0.3 is 0 Å². The molecule has 0 aliphatic heterocycles. The summed E-state index contributed by atoms with van der Waals surface area (Å²) in [5.41, 5.74) is 0. The largest absolute Gasteiger partial charge is 0.545 e. The Morgan fingerprint density at radius 3 is 0.853 bits per heavy atom. The van der Waals surface area contributed by atoms with Gasteiger partial charge in [-0.2, -0.15) is 0 Å². The molecule has 204 valence electrons. The number of quaternary nitrogens is 2. The van der Waals surface area contributed by atoms with Gasteiger partial charge in [0.05, 0.1) is 64.4 Å². The monoisotopic (exact) mass is 490 g/mol. The van der Waals surface area contributed by atoms with Gasteiger partial charge in [0, 0.05) is 0 Å². The number of aliphatic hydroxyl groups is 2. The quantitative estimate of drug-likeness (QED) is 0.219. The Labute approximate surface area is 209 Å². The molecule has 0 aromatic rings. The highest BCUT2D eigenvalue weighted by Gasteiger charge is 2.24. The first-order chi connectivity index (χ1) is 16.1. The second-order valence-corrected chi connectivity index (χ2v) is 8.89. The molecule has 0 atom stereocenters. The predicted octanol–water partition coefficient (Wildman–Crippen LogP) is 1.09. The number of hydrogen-bond acceptors (Lipinski definition) is 6. The van der Waals surface area contributed by atoms with E-state index in [-0.39, 0.29) is 0 Å². The first-order valence-electron chi connectivity index (χ1n) is 13.1. The van der Waals surface area contributed by atoms with Crippen molar-refractivity contribution < 1.29 is 39.0 Å². The van der Waals surface area contributed by atoms with E-state index >= 15 is 0 Å². The van der Waals surface area contributed by atoms with Crippen molar-refractivity contribution in [1.82, 2.24) is 0 Å². The van der Waals surface area contributed by atoms with Crippen LogP contribution in [0.1, 0.15) is 80.1 Å². The van der Waals surface area contributed by atoms with Crippen molar-refractivity contribution in [2.24, 2.45) is 0 Å². The minimum absolute atomic E-state index is 0.333. The minimum atomic E-state index is -1.55. The van der Waals surface area contributed by atoms with Crippen LogP contribution < -0.4 is 10.2 Å². The summed E-state index contributed by atoms with van der Waals surface area (Å²) in [6, 6.07) is 0. The lowest BCUT2D eigenvalue weighted by molar-refractivity contribution is -0.928. The molecule has 0 aromatic heterocycles. The molecule has 0 rings (SSSR count). The van der Waals surface area contributed by atoms with Gasteiger partial charge in [-0.3, -0.25) is 0 Å². The molecule has 0 aliphatic rings. The summed E-state index contributed by atoms with van der Waals surface area (Å²) in [7, 11) is 0. The number of carbonyl (C=O) groups is 2. The van der Waals surface area contributed by atoms with E-state index in [1.807, 2.05) is 0 Å². The average Bonchev–Trinajstić information content (AvgIpc) is 2.75. The number of aliphatic hydroxyl groups excluding tert-OH is 2. The Morgan fingerprint density at radius 2 is 0.735 bits per heavy atom. The van der Waals surface area contributed by atoms with E-state index in [0.29, 0.717) is 25.4 Å². The van der Waals surface area contributed by atoms with Crippen LogP contribution in [0.25, 0.3) is 0 Å². The lowest BCUT2D eigenvalue weighted by Crippen LogP contribution is -2.51. The van der Waals surface area contributed by atoms with Gasteiger partial charge in [0.2, 0.25) is 0 Å². The van der Waals surface area contributed by atoms with Crippen molar-refractivity contribution in [3.05, 3.63) is 12.2 Å². The number of carboxylic acid groups (broad SMARTS) is 2. The Bertz CT molecular complexity index is 408. The lowest BCUT2D eigenvalue weighted by Gasteiger charge is -2.38. The number of carboxylic acids is 2. The van der Waals surface area contributed by atoms with Crippen molar-refractivity contribution in [3.63, 3.8) is 0 Å². The van der Waals surface area contributed by atoms with E-state index in [1.165, 1.54) is 77.8 Å². The van der Waals surface area contributed by atoms with Crippen LogP contribution >= 0.6 is 0 Å². The number of rotatable bonds is 18. The summed E-state index contributed by atoms with van der Waals surface area (Å²) in [6.45, 7) is 23.3. The molecule has 0 radical (unpaired) electrons. The minimum Gasteiger partial charge on any atom is -0.545 e. The molecule has 0 unspecified atom stereocenters. The SMILES string of the molecule is CCC[N+](CCC)(CCC)CCO.CCC[N+](CCC)(CCC)CCO.O=C([O-])C=CC(=O)[O-]. The number of hydrogen-bond donors (Lipinski definition) is 2. The van der Waals surface area contributed by atoms with Crippen LogP contribution in [0.5, 0.6) is 0 Å². The van der Waals surface area contributed by atoms with Gasteiger partial charge in [-0.1, -0.05) is 41.5 Å². The fraction of sp³-hybridized carbons (Fsp3) is 0.846. The zero-order valence-electron chi connectivity index (χ0n) is 22.9. The molecule has 0 saturated carbocycles. The van der Waals surface area contributed by atoms with Crippen LogP contribution in [-0.4, -0.2) is 96.7 Å². The van der Waals surface area contributed by atoms with Crippen molar-refractivity contribution in [3.8, 4) is 0 Å². The second kappa shape index (κ2) is 24.6. The molecule has 0 spiro atoms. The van der Waals surface area contributed by atoms with Gasteiger partial charge in [-0.15, -0.1) is 0 Å². The Hall–Kier alpha value is -1.48. The fourth-order valence-corrected chi connectivity index (χ4v) is 4.75. The normalized spacial score (nSPS) is 11.4. The molecule has 2 N–H and O–H groups in total. The van der Waals surface area contributed by atoms with Crippen molar-refractivity contribution in [2.45, 2.75) is 80.1 Å². The summed E-state index contributed by atoms with van der Waals surface area (Å²) in [6.07, 6.45) is 8.10. The van der Waals surface area contributed by atoms with E-state index in [2.05, 4.69) is 41.5 Å². The summed E-state index contributed by atoms with van der Waals surface area (Å²) >= 11 is 0. The van der Waals surface area contributed by atoms with Gasteiger partial charge in [0.15, 0.2) is 0 Å². The maximum atomic E-state index is 9.41. The number of carbonyl (C=O) groups excluding carboxylic acids is 2. The first kappa shape index (κ1) is 37.1. The first-order valence-corrected chi connectivity index (χ1v) is 13.1. The lowest BCUT2D eigenvalue weighted by atomic mass is 10.2. The highest BCUT2D eigenvalue weighted by atomic mass is 16.4. The third kappa shape index (κ3) is 21.1. The van der Waals surface area contributed by atoms with E-state index in [0.717, 1.165) is 22.1 Å². The van der Waals surface area contributed by atoms with E-state index < -0.39 is 11.9 Å². The molecule has 0 heterocycles. The average molecular weight is 491 g/mol. The van der Waals surface area contributed by atoms with Gasteiger partial charge in [-0.05, 0) is 50.7 Å². The maximum absolute atomic E-state index is 9.41. The van der Waals surface area contributed by atoms with Crippen molar-refractivity contribution in [1.29, 1.82) is 0 Å². The third-order valence-electron chi connectivity index (χ3n) is 5.69. The van der Waals surface area contributed by atoms with Crippen LogP contribution in [0.15, 0.2) is 12.2 Å². The molecule has 8 heteroatoms. The summed E-state index contributed by atoms with van der Waals surface area (Å²) < 4.78 is 2.25. The van der Waals surface area contributed by atoms with Crippen LogP contribution in [0.3, 0.4) is 0 Å². The fourth-order valence-electron chi connectivity index (χ4n) is 4.75. The van der Waals surface area contributed by atoms with Gasteiger partial charge in [0.25, 0.3) is 0 Å². The van der Waals surface area contributed by atoms with Gasteiger partial charge < -0.3 is 39.0 Å². The van der Waals surface area contributed by atoms with Crippen LogP contribution in [0.2, 0.25) is 0 Å². The molecule has 0 aliphatic carbocycles. The Morgan fingerprint density at radius 1 is 0.529 bits per heavy atom. The summed E-state index contributed by atoms with van der Waals surface area (Å²) in [5.74, 6) is -3.09. The van der Waals surface area contributed by atoms with E-state index in [9.17, 15) is 19.8 Å². The predicted molar refractivity (Wildman–Crippen MR) is 135 cm³/mol. The molecule has 0 amide bonds. The molecular weight excluding hydrogens is 436 g/mol. The van der Waals surface area contributed by atoms with Gasteiger partial charge in [0.1, 0.15) is 13.1 Å². The zero-order chi connectivity index (χ0) is 26.9. The standard InChI is InChI=1S/2C11H26NO.C4H4O4/c2*1-4-7-12(8-5-2,9-6-3)10-11-13;5-3(6)1-2-4(7)8/h2*13H,4-11H2,1-3H3;1-2H,(H,5,6)(H,7,8)/q2*+1;/p-2. The summed E-state index contributed by atoms with van der Waals surface area (Å²) in [4.78, 5) is 18.8. The summed E-state index contributed by atoms with van der Waals surface area (Å²) in [5, 5.41) is 37.0. The maximum Gasteiger partial charge on any atom is 0.102 e. The van der Waals surface area contributed by atoms with Crippen molar-refractivity contribution in [2.75, 3.05) is 65.6 Å². The van der Waals surface area contributed by atoms with Crippen LogP contribution in [0.4, 0.5) is 0 Å². The highest BCUT2D eigenvalue weighted by molar-refractivity contribution is 5.87. The molecule has 34 heavy (non-hydrogen) atoms. The molecular formula is C26H54N2O6. The Kier molecular flexibility index (Phi) is 26.9. The number of nitrogens with zero attached hydrogens (tertiary/aromatic N) is 2. The Balaban J connectivity index is -0.000000438. The highest BCUT2D eigenvalue weighted by Crippen LogP contribution is 2.11. The number of aliphatic carboxylic acids is 2.